The van der Waals surface area contributed by atoms with E-state index in [1.807, 2.05) is 21.6 Å². The second-order valence-electron chi connectivity index (χ2n) is 5.15. The highest BCUT2D eigenvalue weighted by atomic mass is 32.2. The third-order valence-electron chi connectivity index (χ3n) is 3.88. The molecule has 5 heteroatoms. The van der Waals surface area contributed by atoms with E-state index in [1.165, 1.54) is 24.3 Å². The Kier molecular flexibility index (Phi) is 4.92. The van der Waals surface area contributed by atoms with Crippen LogP contribution in [0.5, 0.6) is 0 Å². The second kappa shape index (κ2) is 6.45. The molecule has 0 radical (unpaired) electrons. The minimum absolute atomic E-state index is 0.117. The van der Waals surface area contributed by atoms with Gasteiger partial charge in [-0.25, -0.2) is 0 Å². The van der Waals surface area contributed by atoms with Gasteiger partial charge < -0.3 is 9.80 Å². The highest BCUT2D eigenvalue weighted by molar-refractivity contribution is 7.99. The number of rotatable bonds is 2. The average molecular weight is 270 g/mol. The van der Waals surface area contributed by atoms with Gasteiger partial charge in [0.05, 0.1) is 0 Å². The van der Waals surface area contributed by atoms with Gasteiger partial charge in [0.2, 0.25) is 11.8 Å². The molecule has 0 atom stereocenters. The van der Waals surface area contributed by atoms with Crippen molar-refractivity contribution < 1.29 is 9.59 Å². The van der Waals surface area contributed by atoms with Crippen molar-refractivity contribution >= 4 is 23.6 Å². The molecule has 0 N–H and O–H groups in total. The SMILES string of the molecule is CC(=O)N1CCN(C(=O)CC2CCSCC2)CC1. The summed E-state index contributed by atoms with van der Waals surface area (Å²) >= 11 is 2.00. The number of amides is 2. The Morgan fingerprint density at radius 1 is 1.06 bits per heavy atom. The summed E-state index contributed by atoms with van der Waals surface area (Å²) in [7, 11) is 0. The zero-order valence-corrected chi connectivity index (χ0v) is 11.9. The lowest BCUT2D eigenvalue weighted by Gasteiger charge is -2.35. The summed E-state index contributed by atoms with van der Waals surface area (Å²) in [5.41, 5.74) is 0. The van der Waals surface area contributed by atoms with Gasteiger partial charge in [-0.15, -0.1) is 0 Å². The van der Waals surface area contributed by atoms with E-state index in [1.54, 1.807) is 6.92 Å². The lowest BCUT2D eigenvalue weighted by Crippen LogP contribution is -2.50. The normalized spacial score (nSPS) is 22.1. The van der Waals surface area contributed by atoms with Crippen molar-refractivity contribution in [3.05, 3.63) is 0 Å². The maximum Gasteiger partial charge on any atom is 0.222 e. The van der Waals surface area contributed by atoms with Crippen molar-refractivity contribution in [3.8, 4) is 0 Å². The maximum absolute atomic E-state index is 12.2. The number of thioether (sulfide) groups is 1. The topological polar surface area (TPSA) is 40.6 Å². The number of hydrogen-bond donors (Lipinski definition) is 0. The lowest BCUT2D eigenvalue weighted by molar-refractivity contribution is -0.139. The quantitative estimate of drug-likeness (QED) is 0.757. The zero-order valence-electron chi connectivity index (χ0n) is 11.1. The molecule has 2 fully saturated rings. The summed E-state index contributed by atoms with van der Waals surface area (Å²) in [6.45, 7) is 4.40. The van der Waals surface area contributed by atoms with Crippen LogP contribution in [0.1, 0.15) is 26.2 Å². The second-order valence-corrected chi connectivity index (χ2v) is 6.37. The van der Waals surface area contributed by atoms with Crippen LogP contribution in [0.25, 0.3) is 0 Å². The fourth-order valence-electron chi connectivity index (χ4n) is 2.60. The zero-order chi connectivity index (χ0) is 13.0. The van der Waals surface area contributed by atoms with E-state index in [2.05, 4.69) is 0 Å². The van der Waals surface area contributed by atoms with Crippen LogP contribution >= 0.6 is 11.8 Å². The molecule has 0 aromatic heterocycles. The van der Waals surface area contributed by atoms with E-state index in [9.17, 15) is 9.59 Å². The first-order chi connectivity index (χ1) is 8.66. The molecule has 4 nitrogen and oxygen atoms in total. The van der Waals surface area contributed by atoms with Crippen molar-refractivity contribution in [2.24, 2.45) is 5.92 Å². The van der Waals surface area contributed by atoms with Crippen LogP contribution in [0.2, 0.25) is 0 Å². The molecular formula is C13H22N2O2S. The van der Waals surface area contributed by atoms with Crippen molar-refractivity contribution in [1.82, 2.24) is 9.80 Å². The van der Waals surface area contributed by atoms with E-state index >= 15 is 0 Å². The summed E-state index contributed by atoms with van der Waals surface area (Å²) in [5.74, 6) is 3.40. The van der Waals surface area contributed by atoms with Gasteiger partial charge in [-0.1, -0.05) is 0 Å². The molecule has 18 heavy (non-hydrogen) atoms. The van der Waals surface area contributed by atoms with Crippen LogP contribution in [0.15, 0.2) is 0 Å². The Labute approximate surface area is 113 Å². The molecule has 0 aromatic carbocycles. The van der Waals surface area contributed by atoms with Gasteiger partial charge in [0, 0.05) is 39.5 Å². The average Bonchev–Trinajstić information content (AvgIpc) is 2.40. The fraction of sp³-hybridized carbons (Fsp3) is 0.846. The van der Waals surface area contributed by atoms with Crippen LogP contribution in [0.3, 0.4) is 0 Å². The van der Waals surface area contributed by atoms with Crippen LogP contribution in [-0.4, -0.2) is 59.3 Å². The van der Waals surface area contributed by atoms with Gasteiger partial charge in [0.25, 0.3) is 0 Å². The van der Waals surface area contributed by atoms with E-state index in [0.717, 1.165) is 0 Å². The predicted octanol–water partition coefficient (Wildman–Crippen LogP) is 1.21. The molecule has 0 aliphatic carbocycles. The molecule has 0 spiro atoms. The summed E-state index contributed by atoms with van der Waals surface area (Å²) in [6, 6.07) is 0. The molecule has 2 amide bonds. The van der Waals surface area contributed by atoms with Gasteiger partial charge in [-0.3, -0.25) is 9.59 Å². The molecule has 2 aliphatic rings. The third-order valence-corrected chi connectivity index (χ3v) is 4.93. The Hall–Kier alpha value is -0.710. The minimum atomic E-state index is 0.117. The third kappa shape index (κ3) is 3.64. The Morgan fingerprint density at radius 3 is 2.17 bits per heavy atom. The molecule has 0 aromatic rings. The number of carbonyl (C=O) groups is 2. The van der Waals surface area contributed by atoms with E-state index < -0.39 is 0 Å². The first kappa shape index (κ1) is 13.7. The summed E-state index contributed by atoms with van der Waals surface area (Å²) in [5, 5.41) is 0. The van der Waals surface area contributed by atoms with E-state index in [0.29, 0.717) is 38.5 Å². The largest absolute Gasteiger partial charge is 0.339 e. The number of hydrogen-bond acceptors (Lipinski definition) is 3. The molecule has 0 unspecified atom stereocenters. The van der Waals surface area contributed by atoms with Crippen LogP contribution in [0.4, 0.5) is 0 Å². The maximum atomic E-state index is 12.2. The summed E-state index contributed by atoms with van der Waals surface area (Å²) in [4.78, 5) is 27.1. The van der Waals surface area contributed by atoms with Gasteiger partial charge in [0.1, 0.15) is 0 Å². The Morgan fingerprint density at radius 2 is 1.61 bits per heavy atom. The molecule has 0 bridgehead atoms. The van der Waals surface area contributed by atoms with Crippen molar-refractivity contribution in [2.75, 3.05) is 37.7 Å². The predicted molar refractivity (Wildman–Crippen MR) is 73.5 cm³/mol. The Balaban J connectivity index is 1.75. The number of piperazine rings is 1. The van der Waals surface area contributed by atoms with Gasteiger partial charge >= 0.3 is 0 Å². The van der Waals surface area contributed by atoms with E-state index in [-0.39, 0.29) is 11.8 Å². The van der Waals surface area contributed by atoms with Crippen molar-refractivity contribution in [3.63, 3.8) is 0 Å². The van der Waals surface area contributed by atoms with Crippen LogP contribution < -0.4 is 0 Å². The lowest BCUT2D eigenvalue weighted by atomic mass is 9.98. The van der Waals surface area contributed by atoms with Gasteiger partial charge in [-0.05, 0) is 30.3 Å². The monoisotopic (exact) mass is 270 g/mol. The van der Waals surface area contributed by atoms with Crippen LogP contribution in [0, 0.1) is 5.92 Å². The van der Waals surface area contributed by atoms with Gasteiger partial charge in [-0.2, -0.15) is 11.8 Å². The van der Waals surface area contributed by atoms with Crippen molar-refractivity contribution in [1.29, 1.82) is 0 Å². The first-order valence-electron chi connectivity index (χ1n) is 6.78. The minimum Gasteiger partial charge on any atom is -0.339 e. The highest BCUT2D eigenvalue weighted by Gasteiger charge is 2.25. The molecule has 102 valence electrons. The number of nitrogens with zero attached hydrogens (tertiary/aromatic N) is 2. The molecule has 2 saturated heterocycles. The molecule has 2 aliphatic heterocycles. The van der Waals surface area contributed by atoms with E-state index in [4.69, 9.17) is 0 Å². The number of carbonyl (C=O) groups excluding carboxylic acids is 2. The van der Waals surface area contributed by atoms with Crippen LogP contribution in [-0.2, 0) is 9.59 Å². The molecule has 0 saturated carbocycles. The highest BCUT2D eigenvalue weighted by Crippen LogP contribution is 2.26. The molecule has 2 heterocycles. The smallest absolute Gasteiger partial charge is 0.222 e. The summed E-state index contributed by atoms with van der Waals surface area (Å²) in [6.07, 6.45) is 3.08. The standard InChI is InChI=1S/C13H22N2O2S/c1-11(16)14-4-6-15(7-5-14)13(17)10-12-2-8-18-9-3-12/h12H,2-10H2,1H3. The fourth-order valence-corrected chi connectivity index (χ4v) is 3.80. The summed E-state index contributed by atoms with van der Waals surface area (Å²) < 4.78 is 0. The first-order valence-corrected chi connectivity index (χ1v) is 7.93. The van der Waals surface area contributed by atoms with Gasteiger partial charge in [0.15, 0.2) is 0 Å². The molecular weight excluding hydrogens is 248 g/mol. The Bertz CT molecular complexity index is 308. The van der Waals surface area contributed by atoms with Crippen molar-refractivity contribution in [2.45, 2.75) is 26.2 Å². The molecule has 2 rings (SSSR count).